The maximum absolute atomic E-state index is 11.5. The number of aromatic hydroxyl groups is 1. The highest BCUT2D eigenvalue weighted by molar-refractivity contribution is 6.41. The molecule has 0 bridgehead atoms. The number of hydrogen-bond acceptors (Lipinski definition) is 7. The molecule has 1 aromatic heterocycles. The van der Waals surface area contributed by atoms with Gasteiger partial charge in [0.25, 0.3) is 0 Å². The van der Waals surface area contributed by atoms with E-state index in [1.807, 2.05) is 0 Å². The van der Waals surface area contributed by atoms with Crippen LogP contribution < -0.4 is 4.74 Å². The molecule has 0 saturated carbocycles. The van der Waals surface area contributed by atoms with E-state index in [0.29, 0.717) is 25.2 Å². The number of rotatable bonds is 8. The molecule has 2 heterocycles. The smallest absolute Gasteiger partial charge is 0.451 e. The van der Waals surface area contributed by atoms with Gasteiger partial charge in [-0.15, -0.1) is 0 Å². The van der Waals surface area contributed by atoms with E-state index in [9.17, 15) is 15.0 Å². The zero-order chi connectivity index (χ0) is 18.7. The van der Waals surface area contributed by atoms with Gasteiger partial charge in [-0.2, -0.15) is 0 Å². The number of carbonyl (C=O) groups is 1. The van der Waals surface area contributed by atoms with Crippen molar-refractivity contribution >= 4 is 13.1 Å². The number of aromatic amines is 1. The van der Waals surface area contributed by atoms with Crippen molar-refractivity contribution in [2.24, 2.45) is 0 Å². The van der Waals surface area contributed by atoms with Gasteiger partial charge in [0.05, 0.1) is 6.54 Å². The lowest BCUT2D eigenvalue weighted by Crippen LogP contribution is -2.53. The highest BCUT2D eigenvalue weighted by atomic mass is 16.5. The van der Waals surface area contributed by atoms with Crippen molar-refractivity contribution in [3.05, 3.63) is 41.5 Å². The van der Waals surface area contributed by atoms with Crippen LogP contribution in [0.3, 0.4) is 0 Å². The molecule has 1 aromatic carbocycles. The summed E-state index contributed by atoms with van der Waals surface area (Å²) in [5, 5.41) is 37.5. The first-order valence-corrected chi connectivity index (χ1v) is 8.25. The molecule has 26 heavy (non-hydrogen) atoms. The summed E-state index contributed by atoms with van der Waals surface area (Å²) in [7, 11) is -1.52. The number of hydrogen-bond donors (Lipinski definition) is 5. The Morgan fingerprint density at radius 2 is 2.15 bits per heavy atom. The third kappa shape index (κ3) is 4.16. The van der Waals surface area contributed by atoms with Gasteiger partial charge in [0.15, 0.2) is 0 Å². The maximum atomic E-state index is 11.5. The second kappa shape index (κ2) is 7.77. The Kier molecular flexibility index (Phi) is 5.45. The molecule has 2 aromatic rings. The minimum atomic E-state index is -1.52. The van der Waals surface area contributed by atoms with Gasteiger partial charge < -0.3 is 30.0 Å². The molecule has 0 amide bonds. The number of nitrogens with one attached hydrogen (secondary N) is 1. The molecule has 1 fully saturated rings. The van der Waals surface area contributed by atoms with E-state index in [-0.39, 0.29) is 30.2 Å². The Morgan fingerprint density at radius 1 is 1.38 bits per heavy atom. The van der Waals surface area contributed by atoms with Crippen molar-refractivity contribution in [1.29, 1.82) is 0 Å². The van der Waals surface area contributed by atoms with Crippen LogP contribution in [0.2, 0.25) is 6.32 Å². The van der Waals surface area contributed by atoms with Gasteiger partial charge in [0.1, 0.15) is 29.0 Å². The van der Waals surface area contributed by atoms with Crippen LogP contribution in [0.1, 0.15) is 21.7 Å². The van der Waals surface area contributed by atoms with Gasteiger partial charge in [-0.05, 0) is 24.4 Å². The zero-order valence-electron chi connectivity index (χ0n) is 14.0. The Hall–Kier alpha value is -2.56. The molecule has 5 N–H and O–H groups in total. The number of aromatic carboxylic acids is 1. The molecular weight excluding hydrogens is 341 g/mol. The van der Waals surface area contributed by atoms with Crippen molar-refractivity contribution in [1.82, 2.24) is 14.9 Å². The average Bonchev–Trinajstić information content (AvgIpc) is 3.04. The number of phenols is 1. The van der Waals surface area contributed by atoms with E-state index in [4.69, 9.17) is 14.8 Å². The Bertz CT molecular complexity index is 762. The van der Waals surface area contributed by atoms with Gasteiger partial charge in [-0.1, -0.05) is 6.07 Å². The fraction of sp³-hybridized carbons (Fsp3) is 0.375. The van der Waals surface area contributed by atoms with Crippen LogP contribution in [-0.4, -0.2) is 67.4 Å². The molecule has 1 aliphatic heterocycles. The number of carboxylic acid groups (broad SMARTS) is 1. The summed E-state index contributed by atoms with van der Waals surface area (Å²) in [6.07, 6.45) is 3.40. The molecule has 3 rings (SSSR count). The summed E-state index contributed by atoms with van der Waals surface area (Å²) in [5.41, 5.74) is 0.0234. The minimum Gasteiger partial charge on any atom is -0.507 e. The Morgan fingerprint density at radius 3 is 2.77 bits per heavy atom. The summed E-state index contributed by atoms with van der Waals surface area (Å²) in [4.78, 5) is 20.8. The number of imidazole rings is 1. The summed E-state index contributed by atoms with van der Waals surface area (Å²) in [5.74, 6) is -0.744. The molecule has 0 unspecified atom stereocenters. The van der Waals surface area contributed by atoms with Crippen LogP contribution in [0.25, 0.3) is 0 Å². The molecule has 10 heteroatoms. The lowest BCUT2D eigenvalue weighted by atomic mass is 9.82. The SMILES string of the molecule is O=C(O)c1c(OC2CN(Cc3ncc[nH]3)C2)ccc(CCB(O)O)c1O. The van der Waals surface area contributed by atoms with Crippen molar-refractivity contribution in [2.75, 3.05) is 13.1 Å². The van der Waals surface area contributed by atoms with Crippen LogP contribution in [0.5, 0.6) is 11.5 Å². The summed E-state index contributed by atoms with van der Waals surface area (Å²) in [6, 6.07) is 3.04. The van der Waals surface area contributed by atoms with Crippen LogP contribution in [-0.2, 0) is 13.0 Å². The topological polar surface area (TPSA) is 139 Å². The van der Waals surface area contributed by atoms with Crippen LogP contribution in [0.15, 0.2) is 24.5 Å². The van der Waals surface area contributed by atoms with Gasteiger partial charge in [-0.25, -0.2) is 9.78 Å². The Balaban J connectivity index is 1.64. The minimum absolute atomic E-state index is 0.00279. The first-order chi connectivity index (χ1) is 12.4. The molecule has 1 saturated heterocycles. The molecule has 0 atom stereocenters. The highest BCUT2D eigenvalue weighted by Gasteiger charge is 2.31. The number of aromatic nitrogens is 2. The number of H-pyrrole nitrogens is 1. The molecule has 1 aliphatic rings. The molecule has 0 spiro atoms. The zero-order valence-corrected chi connectivity index (χ0v) is 14.0. The average molecular weight is 361 g/mol. The summed E-state index contributed by atoms with van der Waals surface area (Å²) >= 11 is 0. The lowest BCUT2D eigenvalue weighted by molar-refractivity contribution is 0.0121. The van der Waals surface area contributed by atoms with Crippen LogP contribution in [0, 0.1) is 0 Å². The first-order valence-electron chi connectivity index (χ1n) is 8.25. The number of likely N-dealkylation sites (tertiary alicyclic amines) is 1. The third-order valence-electron chi connectivity index (χ3n) is 4.25. The number of carboxylic acids is 1. The van der Waals surface area contributed by atoms with E-state index in [2.05, 4.69) is 14.9 Å². The van der Waals surface area contributed by atoms with Crippen molar-refractivity contribution in [3.8, 4) is 11.5 Å². The first kappa shape index (κ1) is 18.2. The van der Waals surface area contributed by atoms with Crippen LogP contribution >= 0.6 is 0 Å². The maximum Gasteiger partial charge on any atom is 0.451 e. The van der Waals surface area contributed by atoms with E-state index < -0.39 is 18.8 Å². The largest absolute Gasteiger partial charge is 0.507 e. The Labute approximate surface area is 150 Å². The predicted molar refractivity (Wildman–Crippen MR) is 92.0 cm³/mol. The van der Waals surface area contributed by atoms with E-state index in [0.717, 1.165) is 5.82 Å². The normalized spacial score (nSPS) is 14.8. The number of ether oxygens (including phenoxy) is 1. The fourth-order valence-corrected chi connectivity index (χ4v) is 2.91. The van der Waals surface area contributed by atoms with Gasteiger partial charge in [0, 0.05) is 25.5 Å². The molecule has 138 valence electrons. The molecule has 9 nitrogen and oxygen atoms in total. The van der Waals surface area contributed by atoms with Gasteiger partial charge in [0.2, 0.25) is 0 Å². The second-order valence-corrected chi connectivity index (χ2v) is 6.24. The fourth-order valence-electron chi connectivity index (χ4n) is 2.91. The monoisotopic (exact) mass is 361 g/mol. The quantitative estimate of drug-likeness (QED) is 0.417. The standard InChI is InChI=1S/C16H20BN3O6/c21-15-10(3-4-17(24)25)1-2-12(14(15)16(22)23)26-11-7-20(8-11)9-13-18-5-6-19-13/h1-2,5-6,11,21,24-25H,3-4,7-9H2,(H,18,19)(H,22,23). The van der Waals surface area contributed by atoms with Crippen molar-refractivity contribution < 1.29 is 29.8 Å². The van der Waals surface area contributed by atoms with Gasteiger partial charge in [-0.3, -0.25) is 4.90 Å². The number of nitrogens with zero attached hydrogens (tertiary/aromatic N) is 2. The molecular formula is C16H20BN3O6. The summed E-state index contributed by atoms with van der Waals surface area (Å²) < 4.78 is 5.74. The van der Waals surface area contributed by atoms with E-state index >= 15 is 0 Å². The van der Waals surface area contributed by atoms with E-state index in [1.165, 1.54) is 6.07 Å². The molecule has 0 radical (unpaired) electrons. The van der Waals surface area contributed by atoms with E-state index in [1.54, 1.807) is 18.5 Å². The highest BCUT2D eigenvalue weighted by Crippen LogP contribution is 2.34. The molecule has 0 aliphatic carbocycles. The third-order valence-corrected chi connectivity index (χ3v) is 4.25. The lowest BCUT2D eigenvalue weighted by Gasteiger charge is -2.38. The summed E-state index contributed by atoms with van der Waals surface area (Å²) in [6.45, 7) is 1.91. The van der Waals surface area contributed by atoms with Crippen molar-refractivity contribution in [3.63, 3.8) is 0 Å². The van der Waals surface area contributed by atoms with Crippen molar-refractivity contribution in [2.45, 2.75) is 25.4 Å². The number of benzene rings is 1. The van der Waals surface area contributed by atoms with Gasteiger partial charge >= 0.3 is 13.1 Å². The predicted octanol–water partition coefficient (Wildman–Crippen LogP) is 0.0920. The van der Waals surface area contributed by atoms with Crippen LogP contribution in [0.4, 0.5) is 0 Å². The second-order valence-electron chi connectivity index (χ2n) is 6.24. The number of aryl methyl sites for hydroxylation is 1.